The maximum atomic E-state index is 13.3. The van der Waals surface area contributed by atoms with E-state index in [2.05, 4.69) is 0 Å². The van der Waals surface area contributed by atoms with Crippen LogP contribution in [0.4, 0.5) is 0 Å². The first kappa shape index (κ1) is 20.1. The Labute approximate surface area is 153 Å². The highest BCUT2D eigenvalue weighted by molar-refractivity contribution is 7.56. The van der Waals surface area contributed by atoms with Crippen molar-refractivity contribution < 1.29 is 23.5 Å². The van der Waals surface area contributed by atoms with Crippen molar-refractivity contribution in [2.24, 2.45) is 0 Å². The van der Waals surface area contributed by atoms with Gasteiger partial charge < -0.3 is 14.2 Å². The Hall–Kier alpha value is -2.20. The lowest BCUT2D eigenvalue weighted by Gasteiger charge is -2.23. The molecule has 26 heavy (non-hydrogen) atoms. The van der Waals surface area contributed by atoms with Crippen molar-refractivity contribution >= 4 is 19.5 Å². The molecule has 1 atom stereocenters. The van der Waals surface area contributed by atoms with Crippen molar-refractivity contribution in [1.29, 1.82) is 0 Å². The number of hydrogen-bond acceptors (Lipinski definition) is 5. The SMILES string of the molecule is CCOP(=O)(OCC)C(/C=C/c1ccccc1)C(=O)c1ccccc1O. The van der Waals surface area contributed by atoms with Crippen LogP contribution in [0.2, 0.25) is 0 Å². The largest absolute Gasteiger partial charge is 0.507 e. The van der Waals surface area contributed by atoms with Crippen LogP contribution in [-0.4, -0.2) is 29.8 Å². The number of aromatic hydroxyl groups is 1. The molecule has 0 radical (unpaired) electrons. The first-order valence-electron chi connectivity index (χ1n) is 8.46. The summed E-state index contributed by atoms with van der Waals surface area (Å²) in [6.45, 7) is 3.66. The minimum absolute atomic E-state index is 0.0786. The first-order chi connectivity index (χ1) is 12.5. The molecule has 0 heterocycles. The number of phenolic OH excluding ortho intramolecular Hbond substituents is 1. The Morgan fingerprint density at radius 3 is 2.19 bits per heavy atom. The summed E-state index contributed by atoms with van der Waals surface area (Å²) in [7, 11) is -3.76. The Kier molecular flexibility index (Phi) is 7.34. The molecule has 0 fully saturated rings. The van der Waals surface area contributed by atoms with E-state index in [0.29, 0.717) is 0 Å². The van der Waals surface area contributed by atoms with Crippen LogP contribution < -0.4 is 0 Å². The van der Waals surface area contributed by atoms with Crippen molar-refractivity contribution in [3.63, 3.8) is 0 Å². The lowest BCUT2D eigenvalue weighted by molar-refractivity contribution is 0.0980. The maximum absolute atomic E-state index is 13.3. The number of carbonyl (C=O) groups excluding carboxylic acids is 1. The molecule has 0 bridgehead atoms. The molecule has 2 aromatic carbocycles. The molecule has 2 rings (SSSR count). The van der Waals surface area contributed by atoms with Gasteiger partial charge in [0, 0.05) is 0 Å². The van der Waals surface area contributed by atoms with Gasteiger partial charge in [0.05, 0.1) is 18.8 Å². The van der Waals surface area contributed by atoms with Crippen LogP contribution in [0, 0.1) is 0 Å². The molecular formula is C20H23O5P. The molecule has 0 amide bonds. The molecule has 138 valence electrons. The third-order valence-electron chi connectivity index (χ3n) is 3.67. The van der Waals surface area contributed by atoms with Gasteiger partial charge in [0.25, 0.3) is 0 Å². The Morgan fingerprint density at radius 1 is 1.04 bits per heavy atom. The van der Waals surface area contributed by atoms with Gasteiger partial charge in [0.2, 0.25) is 0 Å². The van der Waals surface area contributed by atoms with Crippen molar-refractivity contribution in [3.05, 3.63) is 71.8 Å². The highest BCUT2D eigenvalue weighted by atomic mass is 31.2. The molecule has 1 N–H and O–H groups in total. The second kappa shape index (κ2) is 9.48. The van der Waals surface area contributed by atoms with E-state index in [1.165, 1.54) is 18.2 Å². The lowest BCUT2D eigenvalue weighted by atomic mass is 10.1. The summed E-state index contributed by atoms with van der Waals surface area (Å²) >= 11 is 0. The summed E-state index contributed by atoms with van der Waals surface area (Å²) in [5.74, 6) is -0.685. The van der Waals surface area contributed by atoms with Gasteiger partial charge in [0.15, 0.2) is 5.78 Å². The van der Waals surface area contributed by atoms with Crippen molar-refractivity contribution in [1.82, 2.24) is 0 Å². The molecule has 0 aliphatic carbocycles. The highest BCUT2D eigenvalue weighted by Gasteiger charge is 2.40. The molecule has 0 saturated heterocycles. The van der Waals surface area contributed by atoms with Crippen LogP contribution in [0.25, 0.3) is 6.08 Å². The summed E-state index contributed by atoms with van der Waals surface area (Å²) in [6, 6.07) is 15.5. The van der Waals surface area contributed by atoms with Crippen LogP contribution in [-0.2, 0) is 13.6 Å². The van der Waals surface area contributed by atoms with Gasteiger partial charge >= 0.3 is 7.60 Å². The molecule has 0 aliphatic heterocycles. The van der Waals surface area contributed by atoms with Gasteiger partial charge in [-0.3, -0.25) is 9.36 Å². The molecule has 6 heteroatoms. The summed E-state index contributed by atoms with van der Waals surface area (Å²) in [4.78, 5) is 13.0. The van der Waals surface area contributed by atoms with Gasteiger partial charge in [-0.25, -0.2) is 0 Å². The average molecular weight is 374 g/mol. The van der Waals surface area contributed by atoms with Gasteiger partial charge in [-0.15, -0.1) is 0 Å². The van der Waals surface area contributed by atoms with Gasteiger partial charge in [-0.2, -0.15) is 0 Å². The minimum Gasteiger partial charge on any atom is -0.507 e. The molecule has 0 saturated carbocycles. The molecule has 2 aromatic rings. The Morgan fingerprint density at radius 2 is 1.62 bits per heavy atom. The van der Waals surface area contributed by atoms with E-state index in [9.17, 15) is 14.5 Å². The third-order valence-corrected chi connectivity index (χ3v) is 5.99. The van der Waals surface area contributed by atoms with E-state index in [4.69, 9.17) is 9.05 Å². The van der Waals surface area contributed by atoms with Gasteiger partial charge in [-0.05, 0) is 31.5 Å². The molecule has 0 spiro atoms. The lowest BCUT2D eigenvalue weighted by Crippen LogP contribution is -2.22. The number of benzene rings is 2. The number of rotatable bonds is 9. The van der Waals surface area contributed by atoms with E-state index >= 15 is 0 Å². The highest BCUT2D eigenvalue weighted by Crippen LogP contribution is 2.55. The van der Waals surface area contributed by atoms with Crippen LogP contribution in [0.15, 0.2) is 60.7 Å². The summed E-state index contributed by atoms with van der Waals surface area (Å²) < 4.78 is 24.0. The van der Waals surface area contributed by atoms with Crippen LogP contribution in [0.1, 0.15) is 29.8 Å². The molecule has 1 unspecified atom stereocenters. The monoisotopic (exact) mass is 374 g/mol. The van der Waals surface area contributed by atoms with Crippen LogP contribution >= 0.6 is 7.60 Å². The maximum Gasteiger partial charge on any atom is 0.345 e. The second-order valence-corrected chi connectivity index (χ2v) is 7.62. The predicted molar refractivity (Wildman–Crippen MR) is 103 cm³/mol. The summed E-state index contributed by atoms with van der Waals surface area (Å²) in [5, 5.41) is 10.0. The summed E-state index contributed by atoms with van der Waals surface area (Å²) in [6.07, 6.45) is 3.23. The fourth-order valence-electron chi connectivity index (χ4n) is 2.50. The zero-order valence-electron chi connectivity index (χ0n) is 14.9. The van der Waals surface area contributed by atoms with E-state index in [1.54, 1.807) is 32.1 Å². The average Bonchev–Trinajstić information content (AvgIpc) is 2.63. The number of hydrogen-bond donors (Lipinski definition) is 1. The number of Topliss-reactive ketones (excluding diaryl/α,β-unsaturated/α-hetero) is 1. The van der Waals surface area contributed by atoms with Crippen molar-refractivity contribution in [2.75, 3.05) is 13.2 Å². The molecule has 5 nitrogen and oxygen atoms in total. The fraction of sp³-hybridized carbons (Fsp3) is 0.250. The van der Waals surface area contributed by atoms with E-state index in [0.717, 1.165) is 5.56 Å². The van der Waals surface area contributed by atoms with Crippen LogP contribution in [0.5, 0.6) is 5.75 Å². The smallest absolute Gasteiger partial charge is 0.345 e. The molecular weight excluding hydrogens is 351 g/mol. The number of allylic oxidation sites excluding steroid dienone is 1. The van der Waals surface area contributed by atoms with Gasteiger partial charge in [0.1, 0.15) is 11.4 Å². The number of phenols is 1. The first-order valence-corrected chi connectivity index (χ1v) is 10.1. The normalized spacial score (nSPS) is 13.0. The number of ketones is 1. The second-order valence-electron chi connectivity index (χ2n) is 5.47. The van der Waals surface area contributed by atoms with E-state index in [-0.39, 0.29) is 24.5 Å². The van der Waals surface area contributed by atoms with Crippen LogP contribution in [0.3, 0.4) is 0 Å². The topological polar surface area (TPSA) is 72.8 Å². The van der Waals surface area contributed by atoms with Crippen molar-refractivity contribution in [2.45, 2.75) is 19.5 Å². The zero-order valence-corrected chi connectivity index (χ0v) is 15.8. The van der Waals surface area contributed by atoms with E-state index < -0.39 is 19.0 Å². The standard InChI is InChI=1S/C20H23O5P/c1-3-24-26(23,25-4-2)19(15-14-16-10-6-5-7-11-16)20(22)17-12-8-9-13-18(17)21/h5-15,19,21H,3-4H2,1-2H3/b15-14+. The number of carbonyl (C=O) groups is 1. The molecule has 0 aromatic heterocycles. The van der Waals surface area contributed by atoms with Crippen molar-refractivity contribution in [3.8, 4) is 5.75 Å². The predicted octanol–water partition coefficient (Wildman–Crippen LogP) is 4.92. The fourth-order valence-corrected chi connectivity index (χ4v) is 4.34. The quantitative estimate of drug-likeness (QED) is 0.498. The van der Waals surface area contributed by atoms with Gasteiger partial charge in [-0.1, -0.05) is 54.6 Å². The number of para-hydroxylation sites is 1. The zero-order chi connectivity index (χ0) is 19.0. The van der Waals surface area contributed by atoms with E-state index in [1.807, 2.05) is 30.3 Å². The Balaban J connectivity index is 2.47. The minimum atomic E-state index is -3.76. The summed E-state index contributed by atoms with van der Waals surface area (Å²) in [5.41, 5.74) is -0.229. The molecule has 0 aliphatic rings. The third kappa shape index (κ3) is 4.92. The Bertz CT molecular complexity index is 791.